The topological polar surface area (TPSA) is 78.4 Å². The highest BCUT2D eigenvalue weighted by Crippen LogP contribution is 2.27. The predicted octanol–water partition coefficient (Wildman–Crippen LogP) is 1.77. The van der Waals surface area contributed by atoms with Crippen molar-refractivity contribution in [1.82, 2.24) is 10.6 Å². The molecule has 0 bridgehead atoms. The second kappa shape index (κ2) is 8.48. The van der Waals surface area contributed by atoms with Crippen LogP contribution in [-0.2, 0) is 11.3 Å². The van der Waals surface area contributed by atoms with Crippen molar-refractivity contribution in [2.45, 2.75) is 38.3 Å². The Kier molecular flexibility index (Phi) is 6.35. The molecule has 0 aliphatic heterocycles. The third-order valence-electron chi connectivity index (χ3n) is 4.28. The first-order valence-electron chi connectivity index (χ1n) is 8.05. The van der Waals surface area contributed by atoms with Crippen molar-refractivity contribution in [3.8, 4) is 0 Å². The Balaban J connectivity index is 1.80. The summed E-state index contributed by atoms with van der Waals surface area (Å²) in [7, 11) is 0. The molecule has 2 amide bonds. The van der Waals surface area contributed by atoms with Gasteiger partial charge >= 0.3 is 0 Å². The molecule has 0 saturated heterocycles. The third kappa shape index (κ3) is 5.21. The number of aliphatic hydroxyl groups excluding tert-OH is 1. The Hall–Kier alpha value is -2.14. The molecule has 3 N–H and O–H groups in total. The first kappa shape index (κ1) is 17.2. The first-order valence-corrected chi connectivity index (χ1v) is 8.05. The molecule has 1 fully saturated rings. The summed E-state index contributed by atoms with van der Waals surface area (Å²) in [6.07, 6.45) is 5.18. The van der Waals surface area contributed by atoms with E-state index in [-0.39, 0.29) is 11.8 Å². The number of carbonyl (C=O) groups excluding carboxylic acids is 2. The summed E-state index contributed by atoms with van der Waals surface area (Å²) in [5.41, 5.74) is 1.45. The molecule has 1 unspecified atom stereocenters. The lowest BCUT2D eigenvalue weighted by atomic mass is 10.0. The molecule has 0 heterocycles. The van der Waals surface area contributed by atoms with Crippen LogP contribution < -0.4 is 10.6 Å². The smallest absolute Gasteiger partial charge is 0.251 e. The maximum Gasteiger partial charge on any atom is 0.251 e. The quantitative estimate of drug-likeness (QED) is 0.671. The zero-order valence-electron chi connectivity index (χ0n) is 13.3. The number of nitrogens with one attached hydrogen (secondary N) is 2. The van der Waals surface area contributed by atoms with Gasteiger partial charge < -0.3 is 15.7 Å². The lowest BCUT2D eigenvalue weighted by Crippen LogP contribution is -2.35. The van der Waals surface area contributed by atoms with Gasteiger partial charge in [0.05, 0.1) is 6.10 Å². The minimum Gasteiger partial charge on any atom is -0.391 e. The van der Waals surface area contributed by atoms with E-state index in [1.807, 2.05) is 0 Å². The number of amides is 2. The van der Waals surface area contributed by atoms with Crippen LogP contribution in [0.1, 0.15) is 41.6 Å². The fourth-order valence-corrected chi connectivity index (χ4v) is 2.84. The van der Waals surface area contributed by atoms with E-state index in [0.717, 1.165) is 18.4 Å². The van der Waals surface area contributed by atoms with Crippen molar-refractivity contribution >= 4 is 11.8 Å². The Morgan fingerprint density at radius 2 is 1.87 bits per heavy atom. The van der Waals surface area contributed by atoms with Gasteiger partial charge in [0, 0.05) is 18.7 Å². The highest BCUT2D eigenvalue weighted by molar-refractivity contribution is 5.94. The average Bonchev–Trinajstić information content (AvgIpc) is 3.12. The number of benzene rings is 1. The molecule has 0 aromatic heterocycles. The summed E-state index contributed by atoms with van der Waals surface area (Å²) in [6.45, 7) is 4.08. The normalized spacial score (nSPS) is 15.9. The highest BCUT2D eigenvalue weighted by Gasteiger charge is 2.23. The molecule has 5 heteroatoms. The summed E-state index contributed by atoms with van der Waals surface area (Å²) >= 11 is 0. The fraction of sp³-hybridized carbons (Fsp3) is 0.444. The molecule has 1 saturated carbocycles. The number of hydrogen-bond acceptors (Lipinski definition) is 3. The molecule has 0 radical (unpaired) electrons. The van der Waals surface area contributed by atoms with E-state index in [1.54, 1.807) is 24.3 Å². The van der Waals surface area contributed by atoms with Gasteiger partial charge in [0.25, 0.3) is 5.91 Å². The second-order valence-corrected chi connectivity index (χ2v) is 5.94. The van der Waals surface area contributed by atoms with Gasteiger partial charge in [-0.3, -0.25) is 9.59 Å². The van der Waals surface area contributed by atoms with Crippen molar-refractivity contribution in [3.63, 3.8) is 0 Å². The van der Waals surface area contributed by atoms with E-state index < -0.39 is 6.10 Å². The molecule has 1 atom stereocenters. The number of carbonyl (C=O) groups is 2. The molecule has 124 valence electrons. The van der Waals surface area contributed by atoms with Crippen LogP contribution in [0.25, 0.3) is 0 Å². The minimum atomic E-state index is -0.463. The summed E-state index contributed by atoms with van der Waals surface area (Å²) < 4.78 is 0. The maximum absolute atomic E-state index is 12.1. The second-order valence-electron chi connectivity index (χ2n) is 5.94. The van der Waals surface area contributed by atoms with Crippen molar-refractivity contribution in [2.75, 3.05) is 6.54 Å². The SMILES string of the molecule is C=CC(=O)NCc1ccc(C(=O)NCC(O)C2CCCC2)cc1. The van der Waals surface area contributed by atoms with Gasteiger partial charge in [-0.25, -0.2) is 0 Å². The Morgan fingerprint density at radius 1 is 1.22 bits per heavy atom. The lowest BCUT2D eigenvalue weighted by Gasteiger charge is -2.18. The Morgan fingerprint density at radius 3 is 2.48 bits per heavy atom. The van der Waals surface area contributed by atoms with Gasteiger partial charge in [-0.05, 0) is 42.5 Å². The molecular weight excluding hydrogens is 292 g/mol. The fourth-order valence-electron chi connectivity index (χ4n) is 2.84. The molecule has 1 aliphatic rings. The van der Waals surface area contributed by atoms with Crippen molar-refractivity contribution in [1.29, 1.82) is 0 Å². The van der Waals surface area contributed by atoms with Gasteiger partial charge in [-0.2, -0.15) is 0 Å². The van der Waals surface area contributed by atoms with Crippen LogP contribution in [0.4, 0.5) is 0 Å². The van der Waals surface area contributed by atoms with E-state index in [9.17, 15) is 14.7 Å². The Labute approximate surface area is 136 Å². The molecule has 5 nitrogen and oxygen atoms in total. The zero-order valence-corrected chi connectivity index (χ0v) is 13.3. The number of rotatable bonds is 7. The van der Waals surface area contributed by atoms with Crippen molar-refractivity contribution < 1.29 is 14.7 Å². The summed E-state index contributed by atoms with van der Waals surface area (Å²) in [5.74, 6) is -0.109. The van der Waals surface area contributed by atoms with Crippen LogP contribution in [0.2, 0.25) is 0 Å². The average molecular weight is 316 g/mol. The van der Waals surface area contributed by atoms with Gasteiger partial charge in [-0.1, -0.05) is 31.6 Å². The largest absolute Gasteiger partial charge is 0.391 e. The molecule has 1 aromatic carbocycles. The molecule has 1 aliphatic carbocycles. The first-order chi connectivity index (χ1) is 11.1. The summed E-state index contributed by atoms with van der Waals surface area (Å²) in [4.78, 5) is 23.2. The van der Waals surface area contributed by atoms with Gasteiger partial charge in [-0.15, -0.1) is 0 Å². The molecule has 2 rings (SSSR count). The van der Waals surface area contributed by atoms with E-state index >= 15 is 0 Å². The standard InChI is InChI=1S/C18H24N2O3/c1-2-17(22)19-11-13-7-9-15(10-8-13)18(23)20-12-16(21)14-5-3-4-6-14/h2,7-10,14,16,21H,1,3-6,11-12H2,(H,19,22)(H,20,23). The van der Waals surface area contributed by atoms with Crippen LogP contribution in [0.15, 0.2) is 36.9 Å². The van der Waals surface area contributed by atoms with Crippen molar-refractivity contribution in [3.05, 3.63) is 48.0 Å². The molecule has 0 spiro atoms. The number of aliphatic hydroxyl groups is 1. The zero-order chi connectivity index (χ0) is 16.7. The minimum absolute atomic E-state index is 0.191. The van der Waals surface area contributed by atoms with Crippen LogP contribution in [0.5, 0.6) is 0 Å². The highest BCUT2D eigenvalue weighted by atomic mass is 16.3. The Bertz CT molecular complexity index is 548. The summed E-state index contributed by atoms with van der Waals surface area (Å²) in [5, 5.41) is 15.5. The monoisotopic (exact) mass is 316 g/mol. The third-order valence-corrected chi connectivity index (χ3v) is 4.28. The van der Waals surface area contributed by atoms with Crippen LogP contribution in [-0.4, -0.2) is 29.6 Å². The van der Waals surface area contributed by atoms with Gasteiger partial charge in [0.2, 0.25) is 5.91 Å². The molecule has 1 aromatic rings. The lowest BCUT2D eigenvalue weighted by molar-refractivity contribution is -0.116. The van der Waals surface area contributed by atoms with Gasteiger partial charge in [0.1, 0.15) is 0 Å². The predicted molar refractivity (Wildman–Crippen MR) is 88.8 cm³/mol. The van der Waals surface area contributed by atoms with E-state index in [2.05, 4.69) is 17.2 Å². The van der Waals surface area contributed by atoms with E-state index in [1.165, 1.54) is 18.9 Å². The molecular formula is C18H24N2O3. The number of hydrogen-bond donors (Lipinski definition) is 3. The van der Waals surface area contributed by atoms with Crippen LogP contribution in [0.3, 0.4) is 0 Å². The van der Waals surface area contributed by atoms with Crippen molar-refractivity contribution in [2.24, 2.45) is 5.92 Å². The summed E-state index contributed by atoms with van der Waals surface area (Å²) in [6, 6.07) is 7.02. The van der Waals surface area contributed by atoms with Crippen LogP contribution in [0, 0.1) is 5.92 Å². The van der Waals surface area contributed by atoms with E-state index in [4.69, 9.17) is 0 Å². The van der Waals surface area contributed by atoms with Crippen LogP contribution >= 0.6 is 0 Å². The maximum atomic E-state index is 12.1. The van der Waals surface area contributed by atoms with E-state index in [0.29, 0.717) is 24.6 Å². The van der Waals surface area contributed by atoms with Gasteiger partial charge in [0.15, 0.2) is 0 Å². The molecule has 23 heavy (non-hydrogen) atoms.